The molecule has 110 valence electrons. The molecule has 1 aliphatic rings. The summed E-state index contributed by atoms with van der Waals surface area (Å²) in [5, 5.41) is 7.48. The van der Waals surface area contributed by atoms with Crippen molar-refractivity contribution in [1.82, 2.24) is 15.2 Å². The van der Waals surface area contributed by atoms with Crippen LogP contribution in [0, 0.1) is 5.92 Å². The van der Waals surface area contributed by atoms with Crippen molar-refractivity contribution < 1.29 is 9.53 Å². The Morgan fingerprint density at radius 1 is 1.48 bits per heavy atom. The van der Waals surface area contributed by atoms with Gasteiger partial charge in [-0.25, -0.2) is 4.98 Å². The van der Waals surface area contributed by atoms with Crippen molar-refractivity contribution in [2.45, 2.75) is 30.2 Å². The van der Waals surface area contributed by atoms with Gasteiger partial charge in [0.2, 0.25) is 0 Å². The number of aryl methyl sites for hydroxylation is 1. The number of nitrogens with zero attached hydrogens (tertiary/aromatic N) is 2. The molecule has 0 amide bonds. The average molecular weight is 303 g/mol. The van der Waals surface area contributed by atoms with Gasteiger partial charge in [0.25, 0.3) is 0 Å². The molecular weight excluding hydrogens is 286 g/mol. The van der Waals surface area contributed by atoms with Gasteiger partial charge in [0.05, 0.1) is 17.8 Å². The second-order valence-corrected chi connectivity index (χ2v) is 6.06. The summed E-state index contributed by atoms with van der Waals surface area (Å²) < 4.78 is 5.25. The van der Waals surface area contributed by atoms with Gasteiger partial charge in [-0.1, -0.05) is 36.0 Å². The Labute approximate surface area is 127 Å². The molecule has 0 fully saturated rings. The summed E-state index contributed by atoms with van der Waals surface area (Å²) in [5.41, 5.74) is 2.50. The third-order valence-electron chi connectivity index (χ3n) is 3.67. The number of carbonyl (C=O) groups is 1. The van der Waals surface area contributed by atoms with Gasteiger partial charge in [-0.15, -0.1) is 0 Å². The lowest BCUT2D eigenvalue weighted by Gasteiger charge is -2.31. The van der Waals surface area contributed by atoms with Crippen LogP contribution >= 0.6 is 11.8 Å². The molecular formula is C15H17N3O2S. The zero-order valence-corrected chi connectivity index (χ0v) is 12.6. The molecule has 6 heteroatoms. The Hall–Kier alpha value is -1.82. The summed E-state index contributed by atoms with van der Waals surface area (Å²) in [5.74, 6) is -0.265. The van der Waals surface area contributed by atoms with E-state index >= 15 is 0 Å². The minimum Gasteiger partial charge on any atom is -0.466 e. The summed E-state index contributed by atoms with van der Waals surface area (Å²) >= 11 is 1.55. The topological polar surface area (TPSA) is 67.9 Å². The normalized spacial score (nSPS) is 20.8. The summed E-state index contributed by atoms with van der Waals surface area (Å²) in [6, 6.07) is 8.28. The predicted octanol–water partition coefficient (Wildman–Crippen LogP) is 2.76. The molecule has 21 heavy (non-hydrogen) atoms. The van der Waals surface area contributed by atoms with Crippen LogP contribution in [-0.2, 0) is 16.0 Å². The molecule has 2 unspecified atom stereocenters. The lowest BCUT2D eigenvalue weighted by molar-refractivity contribution is -0.148. The molecule has 2 aromatic rings. The maximum absolute atomic E-state index is 12.3. The highest BCUT2D eigenvalue weighted by Crippen LogP contribution is 2.46. The molecule has 0 aliphatic heterocycles. The van der Waals surface area contributed by atoms with Crippen LogP contribution < -0.4 is 0 Å². The number of carbonyl (C=O) groups excluding carboxylic acids is 1. The van der Waals surface area contributed by atoms with Gasteiger partial charge in [-0.2, -0.15) is 5.10 Å². The third-order valence-corrected chi connectivity index (χ3v) is 4.93. The van der Waals surface area contributed by atoms with Crippen LogP contribution in [0.1, 0.15) is 29.7 Å². The van der Waals surface area contributed by atoms with E-state index in [-0.39, 0.29) is 17.1 Å². The van der Waals surface area contributed by atoms with E-state index in [0.717, 1.165) is 18.0 Å². The number of ether oxygens (including phenoxy) is 1. The number of nitrogens with one attached hydrogen (secondary N) is 1. The summed E-state index contributed by atoms with van der Waals surface area (Å²) in [7, 11) is 0. The van der Waals surface area contributed by atoms with Crippen LogP contribution in [-0.4, -0.2) is 27.8 Å². The molecule has 5 nitrogen and oxygen atoms in total. The van der Waals surface area contributed by atoms with Gasteiger partial charge >= 0.3 is 5.97 Å². The van der Waals surface area contributed by atoms with E-state index in [1.807, 2.05) is 19.1 Å². The SMILES string of the molecule is CCOC(=O)C1CCc2ccccc2C1Sc1ncn[nH]1. The van der Waals surface area contributed by atoms with Crippen LogP contribution in [0.2, 0.25) is 0 Å². The first-order chi connectivity index (χ1) is 10.3. The van der Waals surface area contributed by atoms with Crippen LogP contribution in [0.15, 0.2) is 35.7 Å². The minimum atomic E-state index is -0.144. The first-order valence-corrected chi connectivity index (χ1v) is 7.94. The van der Waals surface area contributed by atoms with E-state index in [0.29, 0.717) is 6.61 Å². The first kappa shape index (κ1) is 14.1. The van der Waals surface area contributed by atoms with Crippen LogP contribution in [0.25, 0.3) is 0 Å². The number of benzene rings is 1. The van der Waals surface area contributed by atoms with Crippen LogP contribution in [0.3, 0.4) is 0 Å². The van der Waals surface area contributed by atoms with Crippen molar-refractivity contribution >= 4 is 17.7 Å². The van der Waals surface area contributed by atoms with Crippen molar-refractivity contribution in [3.8, 4) is 0 Å². The van der Waals surface area contributed by atoms with E-state index in [1.165, 1.54) is 17.5 Å². The van der Waals surface area contributed by atoms with E-state index in [1.54, 1.807) is 11.8 Å². The third kappa shape index (κ3) is 2.95. The Morgan fingerprint density at radius 2 is 2.33 bits per heavy atom. The molecule has 3 rings (SSSR count). The zero-order chi connectivity index (χ0) is 14.7. The van der Waals surface area contributed by atoms with Crippen molar-refractivity contribution in [3.63, 3.8) is 0 Å². The fourth-order valence-corrected chi connectivity index (χ4v) is 3.95. The molecule has 1 aliphatic carbocycles. The Balaban J connectivity index is 1.92. The standard InChI is InChI=1S/C15H17N3O2S/c1-2-20-14(19)12-8-7-10-5-3-4-6-11(10)13(12)21-15-16-9-17-18-15/h3-6,9,12-13H,2,7-8H2,1H3,(H,16,17,18). The number of H-pyrrole nitrogens is 1. The van der Waals surface area contributed by atoms with Crippen molar-refractivity contribution in [3.05, 3.63) is 41.7 Å². The fraction of sp³-hybridized carbons (Fsp3) is 0.400. The molecule has 1 N–H and O–H groups in total. The molecule has 2 atom stereocenters. The minimum absolute atomic E-state index is 0.0157. The summed E-state index contributed by atoms with van der Waals surface area (Å²) in [6.07, 6.45) is 3.20. The van der Waals surface area contributed by atoms with Gasteiger partial charge in [0.1, 0.15) is 6.33 Å². The Kier molecular flexibility index (Phi) is 4.24. The molecule has 0 bridgehead atoms. The first-order valence-electron chi connectivity index (χ1n) is 7.06. The monoisotopic (exact) mass is 303 g/mol. The highest BCUT2D eigenvalue weighted by atomic mass is 32.2. The van der Waals surface area contributed by atoms with E-state index in [9.17, 15) is 4.79 Å². The van der Waals surface area contributed by atoms with Gasteiger partial charge in [-0.05, 0) is 30.9 Å². The number of thioether (sulfide) groups is 1. The van der Waals surface area contributed by atoms with Gasteiger partial charge in [-0.3, -0.25) is 9.89 Å². The van der Waals surface area contributed by atoms with Gasteiger partial charge in [0.15, 0.2) is 5.16 Å². The quantitative estimate of drug-likeness (QED) is 0.880. The zero-order valence-electron chi connectivity index (χ0n) is 11.8. The highest BCUT2D eigenvalue weighted by molar-refractivity contribution is 7.99. The number of aromatic nitrogens is 3. The maximum Gasteiger partial charge on any atom is 0.310 e. The molecule has 1 aromatic heterocycles. The van der Waals surface area contributed by atoms with E-state index in [2.05, 4.69) is 27.3 Å². The number of esters is 1. The lowest BCUT2D eigenvalue weighted by Crippen LogP contribution is -2.27. The maximum atomic E-state index is 12.3. The summed E-state index contributed by atoms with van der Waals surface area (Å²) in [4.78, 5) is 16.4. The largest absolute Gasteiger partial charge is 0.466 e. The molecule has 0 saturated carbocycles. The van der Waals surface area contributed by atoms with Crippen molar-refractivity contribution in [2.75, 3.05) is 6.61 Å². The molecule has 1 heterocycles. The number of aromatic amines is 1. The molecule has 0 spiro atoms. The molecule has 0 saturated heterocycles. The van der Waals surface area contributed by atoms with E-state index in [4.69, 9.17) is 4.74 Å². The Bertz CT molecular complexity index is 615. The number of rotatable bonds is 4. The number of hydrogen-bond donors (Lipinski definition) is 1. The second kappa shape index (κ2) is 6.30. The average Bonchev–Trinajstić information content (AvgIpc) is 3.01. The lowest BCUT2D eigenvalue weighted by atomic mass is 9.83. The van der Waals surface area contributed by atoms with Gasteiger partial charge in [0, 0.05) is 0 Å². The number of hydrogen-bond acceptors (Lipinski definition) is 5. The van der Waals surface area contributed by atoms with Crippen molar-refractivity contribution in [2.24, 2.45) is 5.92 Å². The molecule has 0 radical (unpaired) electrons. The van der Waals surface area contributed by atoms with Crippen LogP contribution in [0.4, 0.5) is 0 Å². The highest BCUT2D eigenvalue weighted by Gasteiger charge is 2.36. The molecule has 1 aromatic carbocycles. The Morgan fingerprint density at radius 3 is 3.10 bits per heavy atom. The van der Waals surface area contributed by atoms with E-state index < -0.39 is 0 Å². The second-order valence-electron chi connectivity index (χ2n) is 4.93. The number of fused-ring (bicyclic) bond motifs is 1. The smallest absolute Gasteiger partial charge is 0.310 e. The van der Waals surface area contributed by atoms with Crippen molar-refractivity contribution in [1.29, 1.82) is 0 Å². The van der Waals surface area contributed by atoms with Crippen LogP contribution in [0.5, 0.6) is 0 Å². The fourth-order valence-electron chi connectivity index (χ4n) is 2.73. The summed E-state index contributed by atoms with van der Waals surface area (Å²) in [6.45, 7) is 2.25. The van der Waals surface area contributed by atoms with Gasteiger partial charge < -0.3 is 4.74 Å². The predicted molar refractivity (Wildman–Crippen MR) is 79.9 cm³/mol.